The van der Waals surface area contributed by atoms with Gasteiger partial charge in [-0.3, -0.25) is 4.90 Å². The number of rotatable bonds is 3. The fraction of sp³-hybridized carbons (Fsp3) is 0.727. The maximum Gasteiger partial charge on any atom is 0.0959 e. The number of thiazole rings is 1. The molecule has 0 bridgehead atoms. The largest absolute Gasteiger partial charge is 0.326 e. The number of halogens is 1. The SMILES string of the molecule is Cl.N[C@@H]1CCN(Cc2csc(C3CC3)n2)C1. The van der Waals surface area contributed by atoms with Crippen LogP contribution in [0.4, 0.5) is 0 Å². The van der Waals surface area contributed by atoms with E-state index < -0.39 is 0 Å². The van der Waals surface area contributed by atoms with Gasteiger partial charge >= 0.3 is 0 Å². The van der Waals surface area contributed by atoms with Crippen LogP contribution in [0.25, 0.3) is 0 Å². The smallest absolute Gasteiger partial charge is 0.0959 e. The summed E-state index contributed by atoms with van der Waals surface area (Å²) < 4.78 is 0. The first kappa shape index (κ1) is 12.3. The van der Waals surface area contributed by atoms with E-state index in [1.54, 1.807) is 0 Å². The second-order valence-electron chi connectivity index (χ2n) is 4.74. The van der Waals surface area contributed by atoms with Crippen molar-refractivity contribution in [3.05, 3.63) is 16.1 Å². The first-order valence-corrected chi connectivity index (χ1v) is 6.61. The van der Waals surface area contributed by atoms with E-state index >= 15 is 0 Å². The summed E-state index contributed by atoms with van der Waals surface area (Å²) in [5, 5.41) is 3.57. The Hall–Kier alpha value is -0.160. The van der Waals surface area contributed by atoms with E-state index in [2.05, 4.69) is 10.3 Å². The van der Waals surface area contributed by atoms with E-state index in [4.69, 9.17) is 10.7 Å². The van der Waals surface area contributed by atoms with Crippen LogP contribution in [-0.4, -0.2) is 29.0 Å². The second kappa shape index (κ2) is 5.00. The van der Waals surface area contributed by atoms with Gasteiger partial charge in [0.25, 0.3) is 0 Å². The number of hydrogen-bond acceptors (Lipinski definition) is 4. The van der Waals surface area contributed by atoms with Crippen LogP contribution < -0.4 is 5.73 Å². The minimum absolute atomic E-state index is 0. The second-order valence-corrected chi connectivity index (χ2v) is 5.62. The van der Waals surface area contributed by atoms with E-state index in [1.807, 2.05) is 11.3 Å². The third kappa shape index (κ3) is 2.74. The van der Waals surface area contributed by atoms with Crippen molar-refractivity contribution < 1.29 is 0 Å². The van der Waals surface area contributed by atoms with Gasteiger partial charge in [0.05, 0.1) is 10.7 Å². The van der Waals surface area contributed by atoms with Crippen molar-refractivity contribution in [3.63, 3.8) is 0 Å². The van der Waals surface area contributed by atoms with Crippen LogP contribution in [0.15, 0.2) is 5.38 Å². The Labute approximate surface area is 106 Å². The summed E-state index contributed by atoms with van der Waals surface area (Å²) in [4.78, 5) is 7.11. The van der Waals surface area contributed by atoms with Crippen molar-refractivity contribution in [1.29, 1.82) is 0 Å². The third-order valence-electron chi connectivity index (χ3n) is 3.19. The number of likely N-dealkylation sites (tertiary alicyclic amines) is 1. The molecule has 2 aliphatic rings. The summed E-state index contributed by atoms with van der Waals surface area (Å²) in [7, 11) is 0. The first-order valence-electron chi connectivity index (χ1n) is 5.73. The fourth-order valence-electron chi connectivity index (χ4n) is 2.15. The molecule has 1 aliphatic heterocycles. The van der Waals surface area contributed by atoms with Crippen LogP contribution in [0.2, 0.25) is 0 Å². The number of aromatic nitrogens is 1. The normalized spacial score (nSPS) is 25.7. The van der Waals surface area contributed by atoms with Gasteiger partial charge in [-0.15, -0.1) is 23.7 Å². The lowest BCUT2D eigenvalue weighted by Crippen LogP contribution is -2.26. The molecule has 0 amide bonds. The van der Waals surface area contributed by atoms with Crippen molar-refractivity contribution in [1.82, 2.24) is 9.88 Å². The van der Waals surface area contributed by atoms with Crippen LogP contribution in [0.1, 0.15) is 35.9 Å². The summed E-state index contributed by atoms with van der Waals surface area (Å²) in [5.41, 5.74) is 7.13. The molecule has 2 fully saturated rings. The average Bonchev–Trinajstić information content (AvgIpc) is 2.84. The van der Waals surface area contributed by atoms with Gasteiger partial charge in [0.15, 0.2) is 0 Å². The summed E-state index contributed by atoms with van der Waals surface area (Å²) in [5.74, 6) is 0.796. The van der Waals surface area contributed by atoms with E-state index in [-0.39, 0.29) is 12.4 Å². The molecule has 16 heavy (non-hydrogen) atoms. The van der Waals surface area contributed by atoms with Crippen LogP contribution in [-0.2, 0) is 6.54 Å². The first-order chi connectivity index (χ1) is 7.31. The van der Waals surface area contributed by atoms with Gasteiger partial charge in [0.1, 0.15) is 0 Å². The molecule has 1 saturated heterocycles. The van der Waals surface area contributed by atoms with Crippen molar-refractivity contribution >= 4 is 23.7 Å². The van der Waals surface area contributed by atoms with Crippen molar-refractivity contribution in [2.24, 2.45) is 5.73 Å². The molecular formula is C11H18ClN3S. The monoisotopic (exact) mass is 259 g/mol. The van der Waals surface area contributed by atoms with Gasteiger partial charge in [-0.2, -0.15) is 0 Å². The third-order valence-corrected chi connectivity index (χ3v) is 4.25. The van der Waals surface area contributed by atoms with Gasteiger partial charge in [0, 0.05) is 37.0 Å². The Balaban J connectivity index is 0.000000963. The quantitative estimate of drug-likeness (QED) is 0.903. The van der Waals surface area contributed by atoms with Crippen LogP contribution in [0, 0.1) is 0 Å². The molecule has 0 radical (unpaired) electrons. The highest BCUT2D eigenvalue weighted by atomic mass is 35.5. The number of nitrogens with two attached hydrogens (primary N) is 1. The van der Waals surface area contributed by atoms with Gasteiger partial charge in [-0.25, -0.2) is 4.98 Å². The molecule has 0 aromatic carbocycles. The van der Waals surface area contributed by atoms with Gasteiger partial charge in [0.2, 0.25) is 0 Å². The van der Waals surface area contributed by atoms with Gasteiger partial charge in [-0.05, 0) is 19.3 Å². The maximum absolute atomic E-state index is 5.88. The standard InChI is InChI=1S/C11H17N3S.ClH/c12-9-3-4-14(5-9)6-10-7-15-11(13-10)8-1-2-8;/h7-9H,1-6,12H2;1H/t9-;/m1./s1. The molecule has 1 aromatic rings. The van der Waals surface area contributed by atoms with Crippen molar-refractivity contribution in [3.8, 4) is 0 Å². The maximum atomic E-state index is 5.88. The molecular weight excluding hydrogens is 242 g/mol. The molecule has 5 heteroatoms. The molecule has 3 rings (SSSR count). The highest BCUT2D eigenvalue weighted by Gasteiger charge is 2.27. The van der Waals surface area contributed by atoms with Crippen molar-refractivity contribution in [2.45, 2.75) is 37.8 Å². The number of nitrogens with zero attached hydrogens (tertiary/aromatic N) is 2. The zero-order valence-electron chi connectivity index (χ0n) is 9.26. The molecule has 0 spiro atoms. The average molecular weight is 260 g/mol. The predicted molar refractivity (Wildman–Crippen MR) is 69.2 cm³/mol. The Kier molecular flexibility index (Phi) is 3.85. The molecule has 90 valence electrons. The molecule has 1 saturated carbocycles. The molecule has 2 heterocycles. The van der Waals surface area contributed by atoms with Gasteiger partial charge < -0.3 is 5.73 Å². The predicted octanol–water partition coefficient (Wildman–Crippen LogP) is 1.98. The van der Waals surface area contributed by atoms with E-state index in [9.17, 15) is 0 Å². The topological polar surface area (TPSA) is 42.1 Å². The lowest BCUT2D eigenvalue weighted by Gasteiger charge is -2.12. The van der Waals surface area contributed by atoms with Crippen molar-refractivity contribution in [2.75, 3.05) is 13.1 Å². The van der Waals surface area contributed by atoms with E-state index in [0.717, 1.165) is 32.0 Å². The Morgan fingerprint density at radius 3 is 2.88 bits per heavy atom. The minimum Gasteiger partial charge on any atom is -0.326 e. The zero-order valence-corrected chi connectivity index (χ0v) is 10.9. The minimum atomic E-state index is 0. The van der Waals surface area contributed by atoms with E-state index in [0.29, 0.717) is 6.04 Å². The lowest BCUT2D eigenvalue weighted by atomic mass is 10.3. The molecule has 1 atom stereocenters. The van der Waals surface area contributed by atoms with Gasteiger partial charge in [-0.1, -0.05) is 0 Å². The Morgan fingerprint density at radius 1 is 1.44 bits per heavy atom. The van der Waals surface area contributed by atoms with Crippen LogP contribution in [0.5, 0.6) is 0 Å². The van der Waals surface area contributed by atoms with E-state index in [1.165, 1.54) is 23.5 Å². The highest BCUT2D eigenvalue weighted by Crippen LogP contribution is 2.41. The molecule has 2 N–H and O–H groups in total. The summed E-state index contributed by atoms with van der Waals surface area (Å²) in [6.07, 6.45) is 3.84. The Bertz CT molecular complexity index is 351. The highest BCUT2D eigenvalue weighted by molar-refractivity contribution is 7.09. The molecule has 1 aromatic heterocycles. The zero-order chi connectivity index (χ0) is 10.3. The Morgan fingerprint density at radius 2 is 2.25 bits per heavy atom. The summed E-state index contributed by atoms with van der Waals surface area (Å²) in [6, 6.07) is 0.381. The van der Waals surface area contributed by atoms with Crippen LogP contribution in [0.3, 0.4) is 0 Å². The summed E-state index contributed by atoms with van der Waals surface area (Å²) in [6.45, 7) is 3.17. The molecule has 3 nitrogen and oxygen atoms in total. The molecule has 1 aliphatic carbocycles. The molecule has 0 unspecified atom stereocenters. The number of hydrogen-bond donors (Lipinski definition) is 1. The van der Waals surface area contributed by atoms with Crippen LogP contribution >= 0.6 is 23.7 Å². The lowest BCUT2D eigenvalue weighted by molar-refractivity contribution is 0.323. The summed E-state index contributed by atoms with van der Waals surface area (Å²) >= 11 is 1.84. The fourth-order valence-corrected chi connectivity index (χ4v) is 3.13.